The number of benzene rings is 1. The van der Waals surface area contributed by atoms with Gasteiger partial charge in [-0.1, -0.05) is 0 Å². The minimum Gasteiger partial charge on any atom is -0.434 e. The number of anilines is 1. The Kier molecular flexibility index (Phi) is 3.06. The van der Waals surface area contributed by atoms with Crippen LogP contribution in [0.25, 0.3) is 0 Å². The number of nitrogen functional groups attached to an aromatic ring is 1. The molecule has 0 radical (unpaired) electrons. The quantitative estimate of drug-likeness (QED) is 0.818. The van der Waals surface area contributed by atoms with Crippen molar-refractivity contribution in [2.24, 2.45) is 0 Å². The van der Waals surface area contributed by atoms with Gasteiger partial charge in [0.15, 0.2) is 5.75 Å². The molecule has 0 unspecified atom stereocenters. The van der Waals surface area contributed by atoms with Crippen LogP contribution in [0.2, 0.25) is 0 Å². The molecule has 0 saturated carbocycles. The first kappa shape index (κ1) is 11.8. The molecular formula is C12H9FN4O. The van der Waals surface area contributed by atoms with E-state index < -0.39 is 5.82 Å². The summed E-state index contributed by atoms with van der Waals surface area (Å²) in [6, 6.07) is 6.41. The summed E-state index contributed by atoms with van der Waals surface area (Å²) < 4.78 is 18.9. The number of aryl methyl sites for hydroxylation is 1. The number of aromatic nitrogens is 2. The average Bonchev–Trinajstić information content (AvgIpc) is 2.37. The van der Waals surface area contributed by atoms with Gasteiger partial charge in [0.1, 0.15) is 6.33 Å². The number of nitrogens with two attached hydrogens (primary N) is 1. The Hall–Kier alpha value is -2.68. The molecule has 0 spiro atoms. The summed E-state index contributed by atoms with van der Waals surface area (Å²) in [6.07, 6.45) is 1.20. The van der Waals surface area contributed by atoms with Crippen LogP contribution in [0.5, 0.6) is 11.6 Å². The Labute approximate surface area is 103 Å². The highest BCUT2D eigenvalue weighted by molar-refractivity contribution is 5.57. The van der Waals surface area contributed by atoms with Crippen LogP contribution in [0.15, 0.2) is 24.5 Å². The molecule has 5 nitrogen and oxygen atoms in total. The molecule has 0 aliphatic carbocycles. The lowest BCUT2D eigenvalue weighted by atomic mass is 10.2. The fourth-order valence-electron chi connectivity index (χ4n) is 1.32. The number of hydrogen-bond donors (Lipinski definition) is 1. The standard InChI is InChI=1S/C12H9FN4O/c1-7-11(13)12(17-6-16-7)18-10-3-2-8(5-14)4-9(10)15/h2-4,6H,15H2,1H3. The fraction of sp³-hybridized carbons (Fsp3) is 0.0833. The second kappa shape index (κ2) is 4.67. The topological polar surface area (TPSA) is 84.8 Å². The van der Waals surface area contributed by atoms with E-state index in [-0.39, 0.29) is 23.0 Å². The van der Waals surface area contributed by atoms with Crippen molar-refractivity contribution in [2.75, 3.05) is 5.73 Å². The van der Waals surface area contributed by atoms with Crippen LogP contribution in [-0.2, 0) is 0 Å². The van der Waals surface area contributed by atoms with E-state index in [1.165, 1.54) is 31.5 Å². The van der Waals surface area contributed by atoms with E-state index in [1.54, 1.807) is 0 Å². The zero-order valence-corrected chi connectivity index (χ0v) is 9.51. The molecular weight excluding hydrogens is 235 g/mol. The molecule has 2 N–H and O–H groups in total. The molecule has 90 valence electrons. The molecule has 1 aromatic carbocycles. The lowest BCUT2D eigenvalue weighted by molar-refractivity contribution is 0.418. The Morgan fingerprint density at radius 1 is 1.39 bits per heavy atom. The molecule has 0 amide bonds. The second-order valence-corrected chi connectivity index (χ2v) is 3.54. The van der Waals surface area contributed by atoms with Crippen molar-refractivity contribution >= 4 is 5.69 Å². The van der Waals surface area contributed by atoms with Crippen molar-refractivity contribution in [1.29, 1.82) is 5.26 Å². The predicted molar refractivity (Wildman–Crippen MR) is 62.4 cm³/mol. The normalized spacial score (nSPS) is 9.83. The third-order valence-electron chi connectivity index (χ3n) is 2.28. The Morgan fingerprint density at radius 2 is 2.17 bits per heavy atom. The van der Waals surface area contributed by atoms with E-state index >= 15 is 0 Å². The highest BCUT2D eigenvalue weighted by Crippen LogP contribution is 2.28. The van der Waals surface area contributed by atoms with Gasteiger partial charge in [-0.2, -0.15) is 14.6 Å². The molecule has 0 aliphatic rings. The van der Waals surface area contributed by atoms with Crippen LogP contribution in [0, 0.1) is 24.1 Å². The summed E-state index contributed by atoms with van der Waals surface area (Å²) in [7, 11) is 0. The van der Waals surface area contributed by atoms with Crippen molar-refractivity contribution in [3.05, 3.63) is 41.6 Å². The summed E-state index contributed by atoms with van der Waals surface area (Å²) in [5, 5.41) is 8.70. The minimum absolute atomic E-state index is 0.187. The second-order valence-electron chi connectivity index (χ2n) is 3.54. The lowest BCUT2D eigenvalue weighted by Crippen LogP contribution is -1.99. The predicted octanol–water partition coefficient (Wildman–Crippen LogP) is 2.17. The number of nitrogens with zero attached hydrogens (tertiary/aromatic N) is 3. The van der Waals surface area contributed by atoms with Crippen molar-refractivity contribution in [3.8, 4) is 17.7 Å². The molecule has 1 aromatic heterocycles. The Morgan fingerprint density at radius 3 is 2.83 bits per heavy atom. The van der Waals surface area contributed by atoms with Gasteiger partial charge in [-0.15, -0.1) is 0 Å². The largest absolute Gasteiger partial charge is 0.434 e. The molecule has 1 heterocycles. The lowest BCUT2D eigenvalue weighted by Gasteiger charge is -2.08. The maximum Gasteiger partial charge on any atom is 0.259 e. The third-order valence-corrected chi connectivity index (χ3v) is 2.28. The maximum atomic E-state index is 13.6. The van der Waals surface area contributed by atoms with E-state index in [1.807, 2.05) is 6.07 Å². The van der Waals surface area contributed by atoms with Crippen LogP contribution in [0.4, 0.5) is 10.1 Å². The molecule has 0 saturated heterocycles. The smallest absolute Gasteiger partial charge is 0.259 e. The van der Waals surface area contributed by atoms with Crippen LogP contribution >= 0.6 is 0 Å². The molecule has 2 rings (SSSR count). The first-order valence-electron chi connectivity index (χ1n) is 5.06. The summed E-state index contributed by atoms with van der Waals surface area (Å²) in [4.78, 5) is 7.38. The maximum absolute atomic E-state index is 13.6. The van der Waals surface area contributed by atoms with Crippen LogP contribution in [-0.4, -0.2) is 9.97 Å². The van der Waals surface area contributed by atoms with Gasteiger partial charge >= 0.3 is 0 Å². The SMILES string of the molecule is Cc1ncnc(Oc2ccc(C#N)cc2N)c1F. The van der Waals surface area contributed by atoms with Gasteiger partial charge in [0, 0.05) is 0 Å². The van der Waals surface area contributed by atoms with Gasteiger partial charge in [0.2, 0.25) is 5.82 Å². The van der Waals surface area contributed by atoms with Crippen molar-refractivity contribution < 1.29 is 9.13 Å². The third kappa shape index (κ3) is 2.20. The number of halogens is 1. The van der Waals surface area contributed by atoms with Crippen molar-refractivity contribution in [3.63, 3.8) is 0 Å². The minimum atomic E-state index is -0.638. The van der Waals surface area contributed by atoms with Gasteiger partial charge in [0.25, 0.3) is 5.88 Å². The number of nitriles is 1. The van der Waals surface area contributed by atoms with Gasteiger partial charge in [-0.05, 0) is 25.1 Å². The van der Waals surface area contributed by atoms with Crippen LogP contribution in [0.1, 0.15) is 11.3 Å². The highest BCUT2D eigenvalue weighted by atomic mass is 19.1. The van der Waals surface area contributed by atoms with Crippen LogP contribution < -0.4 is 10.5 Å². The van der Waals surface area contributed by atoms with Gasteiger partial charge in [-0.3, -0.25) is 0 Å². The fourth-order valence-corrected chi connectivity index (χ4v) is 1.32. The van der Waals surface area contributed by atoms with E-state index in [9.17, 15) is 4.39 Å². The first-order chi connectivity index (χ1) is 8.61. The Bertz CT molecular complexity index is 636. The van der Waals surface area contributed by atoms with E-state index in [2.05, 4.69) is 9.97 Å². The Balaban J connectivity index is 2.35. The molecule has 2 aromatic rings. The monoisotopic (exact) mass is 244 g/mol. The number of hydrogen-bond acceptors (Lipinski definition) is 5. The van der Waals surface area contributed by atoms with Gasteiger partial charge in [-0.25, -0.2) is 4.98 Å². The molecule has 18 heavy (non-hydrogen) atoms. The molecule has 6 heteroatoms. The summed E-state index contributed by atoms with van der Waals surface area (Å²) in [6.45, 7) is 1.51. The highest BCUT2D eigenvalue weighted by Gasteiger charge is 2.11. The zero-order valence-electron chi connectivity index (χ0n) is 9.51. The van der Waals surface area contributed by atoms with Gasteiger partial charge < -0.3 is 10.5 Å². The molecule has 0 atom stereocenters. The molecule has 0 fully saturated rings. The van der Waals surface area contributed by atoms with Crippen molar-refractivity contribution in [1.82, 2.24) is 9.97 Å². The molecule has 0 aliphatic heterocycles. The van der Waals surface area contributed by atoms with Crippen LogP contribution in [0.3, 0.4) is 0 Å². The van der Waals surface area contributed by atoms with E-state index in [0.29, 0.717) is 5.56 Å². The van der Waals surface area contributed by atoms with Crippen molar-refractivity contribution in [2.45, 2.75) is 6.92 Å². The molecule has 0 bridgehead atoms. The summed E-state index contributed by atoms with van der Waals surface area (Å²) in [5.41, 5.74) is 6.52. The van der Waals surface area contributed by atoms with E-state index in [4.69, 9.17) is 15.7 Å². The average molecular weight is 244 g/mol. The summed E-state index contributed by atoms with van der Waals surface area (Å²) >= 11 is 0. The number of ether oxygens (including phenoxy) is 1. The van der Waals surface area contributed by atoms with E-state index in [0.717, 1.165) is 0 Å². The number of rotatable bonds is 2. The van der Waals surface area contributed by atoms with Gasteiger partial charge in [0.05, 0.1) is 23.0 Å². The zero-order chi connectivity index (χ0) is 13.1. The summed E-state index contributed by atoms with van der Waals surface area (Å²) in [5.74, 6) is -0.592. The first-order valence-corrected chi connectivity index (χ1v) is 5.06.